The molecule has 0 saturated heterocycles. The first-order valence-corrected chi connectivity index (χ1v) is 9.71. The van der Waals surface area contributed by atoms with Crippen LogP contribution in [0, 0.1) is 0 Å². The highest BCUT2D eigenvalue weighted by atomic mass is 35.5. The van der Waals surface area contributed by atoms with Crippen LogP contribution in [0.2, 0.25) is 5.02 Å². The van der Waals surface area contributed by atoms with Gasteiger partial charge >= 0.3 is 0 Å². The van der Waals surface area contributed by atoms with Gasteiger partial charge in [0.2, 0.25) is 0 Å². The molecule has 1 unspecified atom stereocenters. The SMILES string of the molecule is O=C1CCCC2=C1C(c1ccccc1Cl)c1c([nH]n(-c3ccccc3)c1=O)N2. The number of carbonyl (C=O) groups excluding carboxylic acids is 1. The van der Waals surface area contributed by atoms with E-state index < -0.39 is 5.92 Å². The van der Waals surface area contributed by atoms with E-state index in [-0.39, 0.29) is 11.3 Å². The zero-order valence-corrected chi connectivity index (χ0v) is 15.8. The summed E-state index contributed by atoms with van der Waals surface area (Å²) in [6.07, 6.45) is 2.08. The maximum atomic E-state index is 13.4. The zero-order valence-electron chi connectivity index (χ0n) is 15.0. The number of hydrogen-bond acceptors (Lipinski definition) is 3. The van der Waals surface area contributed by atoms with Gasteiger partial charge in [0, 0.05) is 28.6 Å². The lowest BCUT2D eigenvalue weighted by atomic mass is 9.77. The second-order valence-electron chi connectivity index (χ2n) is 7.13. The summed E-state index contributed by atoms with van der Waals surface area (Å²) >= 11 is 6.51. The Morgan fingerprint density at radius 3 is 2.50 bits per heavy atom. The van der Waals surface area contributed by atoms with Gasteiger partial charge in [-0.3, -0.25) is 14.7 Å². The Morgan fingerprint density at radius 2 is 1.71 bits per heavy atom. The molecule has 2 aromatic carbocycles. The highest BCUT2D eigenvalue weighted by Crippen LogP contribution is 2.45. The summed E-state index contributed by atoms with van der Waals surface area (Å²) in [6.45, 7) is 0. The summed E-state index contributed by atoms with van der Waals surface area (Å²) in [7, 11) is 0. The van der Waals surface area contributed by atoms with Crippen LogP contribution in [-0.2, 0) is 4.79 Å². The average Bonchev–Trinajstić information content (AvgIpc) is 3.04. The summed E-state index contributed by atoms with van der Waals surface area (Å²) in [5.74, 6) is 0.241. The molecule has 5 rings (SSSR count). The monoisotopic (exact) mass is 391 g/mol. The lowest BCUT2D eigenvalue weighted by Gasteiger charge is -2.31. The number of halogens is 1. The molecule has 2 N–H and O–H groups in total. The van der Waals surface area contributed by atoms with Gasteiger partial charge in [0.05, 0.1) is 11.3 Å². The third-order valence-corrected chi connectivity index (χ3v) is 5.81. The number of para-hydroxylation sites is 1. The Kier molecular flexibility index (Phi) is 3.98. The largest absolute Gasteiger partial charge is 0.343 e. The van der Waals surface area contributed by atoms with Crippen molar-refractivity contribution >= 4 is 23.2 Å². The molecule has 0 radical (unpaired) electrons. The van der Waals surface area contributed by atoms with Gasteiger partial charge in [-0.1, -0.05) is 48.0 Å². The first-order chi connectivity index (χ1) is 13.6. The Labute approximate surface area is 166 Å². The molecule has 28 heavy (non-hydrogen) atoms. The maximum Gasteiger partial charge on any atom is 0.277 e. The standard InChI is InChI=1S/C22H18ClN3O2/c23-15-10-5-4-9-14(15)18-19-16(11-6-12-17(19)27)24-21-20(18)22(28)26(25-21)13-7-2-1-3-8-13/h1-5,7-10,18,24-25H,6,11-12H2. The fourth-order valence-electron chi connectivity index (χ4n) is 4.22. The number of aromatic nitrogens is 2. The number of rotatable bonds is 2. The third kappa shape index (κ3) is 2.54. The average molecular weight is 392 g/mol. The van der Waals surface area contributed by atoms with Crippen LogP contribution >= 0.6 is 11.6 Å². The van der Waals surface area contributed by atoms with E-state index in [9.17, 15) is 9.59 Å². The van der Waals surface area contributed by atoms with Gasteiger partial charge in [-0.05, 0) is 36.6 Å². The Morgan fingerprint density at radius 1 is 0.964 bits per heavy atom. The number of hydrogen-bond donors (Lipinski definition) is 2. The van der Waals surface area contributed by atoms with E-state index in [2.05, 4.69) is 10.4 Å². The van der Waals surface area contributed by atoms with Gasteiger partial charge in [-0.15, -0.1) is 0 Å². The minimum atomic E-state index is -0.471. The van der Waals surface area contributed by atoms with E-state index in [0.29, 0.717) is 28.4 Å². The summed E-state index contributed by atoms with van der Waals surface area (Å²) < 4.78 is 1.52. The minimum Gasteiger partial charge on any atom is -0.343 e. The van der Waals surface area contributed by atoms with E-state index in [1.165, 1.54) is 4.68 Å². The molecule has 0 fully saturated rings. The van der Waals surface area contributed by atoms with Gasteiger partial charge in [0.15, 0.2) is 5.78 Å². The fraction of sp³-hybridized carbons (Fsp3) is 0.182. The Bertz CT molecular complexity index is 1170. The van der Waals surface area contributed by atoms with Crippen LogP contribution in [0.3, 0.4) is 0 Å². The van der Waals surface area contributed by atoms with Crippen LogP contribution in [0.5, 0.6) is 0 Å². The van der Waals surface area contributed by atoms with Crippen molar-refractivity contribution in [3.8, 4) is 5.69 Å². The number of nitrogens with zero attached hydrogens (tertiary/aromatic N) is 1. The lowest BCUT2D eigenvalue weighted by molar-refractivity contribution is -0.116. The van der Waals surface area contributed by atoms with E-state index in [1.54, 1.807) is 6.07 Å². The number of aromatic amines is 1. The fourth-order valence-corrected chi connectivity index (χ4v) is 4.46. The number of nitrogens with one attached hydrogen (secondary N) is 2. The number of allylic oxidation sites excluding steroid dienone is 2. The first kappa shape index (κ1) is 17.1. The van der Waals surface area contributed by atoms with Crippen LogP contribution in [0.1, 0.15) is 36.3 Å². The molecule has 5 nitrogen and oxygen atoms in total. The van der Waals surface area contributed by atoms with E-state index in [1.807, 2.05) is 48.5 Å². The van der Waals surface area contributed by atoms with Gasteiger partial charge < -0.3 is 5.32 Å². The molecular formula is C22H18ClN3O2. The molecule has 0 saturated carbocycles. The summed E-state index contributed by atoms with van der Waals surface area (Å²) in [4.78, 5) is 26.3. The van der Waals surface area contributed by atoms with Gasteiger partial charge in [-0.2, -0.15) is 0 Å². The smallest absolute Gasteiger partial charge is 0.277 e. The van der Waals surface area contributed by atoms with Crippen LogP contribution < -0.4 is 10.9 Å². The maximum absolute atomic E-state index is 13.4. The summed E-state index contributed by atoms with van der Waals surface area (Å²) in [5.41, 5.74) is 3.43. The molecule has 3 aromatic rings. The van der Waals surface area contributed by atoms with Gasteiger partial charge in [0.25, 0.3) is 5.56 Å². The van der Waals surface area contributed by atoms with Crippen molar-refractivity contribution in [1.82, 2.24) is 9.78 Å². The van der Waals surface area contributed by atoms with Crippen molar-refractivity contribution in [2.75, 3.05) is 5.32 Å². The number of H-pyrrole nitrogens is 1. The first-order valence-electron chi connectivity index (χ1n) is 9.33. The van der Waals surface area contributed by atoms with Gasteiger partial charge in [-0.25, -0.2) is 4.68 Å². The normalized spacial score (nSPS) is 18.5. The summed E-state index contributed by atoms with van der Waals surface area (Å²) in [5, 5.41) is 7.06. The van der Waals surface area contributed by atoms with Crippen molar-refractivity contribution < 1.29 is 4.79 Å². The second kappa shape index (κ2) is 6.53. The molecule has 140 valence electrons. The highest BCUT2D eigenvalue weighted by Gasteiger charge is 2.39. The van der Waals surface area contributed by atoms with Crippen molar-refractivity contribution in [1.29, 1.82) is 0 Å². The molecule has 1 atom stereocenters. The molecule has 6 heteroatoms. The predicted molar refractivity (Wildman–Crippen MR) is 109 cm³/mol. The third-order valence-electron chi connectivity index (χ3n) is 5.47. The molecule has 1 aromatic heterocycles. The second-order valence-corrected chi connectivity index (χ2v) is 7.53. The van der Waals surface area contributed by atoms with E-state index in [4.69, 9.17) is 11.6 Å². The van der Waals surface area contributed by atoms with Crippen molar-refractivity contribution in [3.63, 3.8) is 0 Å². The molecular weight excluding hydrogens is 374 g/mol. The van der Waals surface area contributed by atoms with Crippen molar-refractivity contribution in [3.05, 3.63) is 92.4 Å². The van der Waals surface area contributed by atoms with E-state index in [0.717, 1.165) is 29.8 Å². The van der Waals surface area contributed by atoms with Crippen molar-refractivity contribution in [2.45, 2.75) is 25.2 Å². The number of ketones is 1. The molecule has 1 aliphatic carbocycles. The molecule has 0 bridgehead atoms. The number of carbonyl (C=O) groups is 1. The number of Topliss-reactive ketones (excluding diaryl/α,β-unsaturated/α-hetero) is 1. The molecule has 0 amide bonds. The van der Waals surface area contributed by atoms with Gasteiger partial charge in [0.1, 0.15) is 5.82 Å². The van der Waals surface area contributed by atoms with Crippen LogP contribution in [-0.4, -0.2) is 15.6 Å². The summed E-state index contributed by atoms with van der Waals surface area (Å²) in [6, 6.07) is 16.8. The predicted octanol–water partition coefficient (Wildman–Crippen LogP) is 4.38. The molecule has 2 heterocycles. The Hall–Kier alpha value is -3.05. The number of benzene rings is 2. The van der Waals surface area contributed by atoms with Crippen molar-refractivity contribution in [2.24, 2.45) is 0 Å². The van der Waals surface area contributed by atoms with Crippen LogP contribution in [0.15, 0.2) is 70.7 Å². The van der Waals surface area contributed by atoms with E-state index >= 15 is 0 Å². The minimum absolute atomic E-state index is 0.0798. The molecule has 2 aliphatic rings. The van der Waals surface area contributed by atoms with Crippen LogP contribution in [0.25, 0.3) is 5.69 Å². The topological polar surface area (TPSA) is 66.9 Å². The molecule has 1 aliphatic heterocycles. The quantitative estimate of drug-likeness (QED) is 0.681. The highest BCUT2D eigenvalue weighted by molar-refractivity contribution is 6.31. The number of fused-ring (bicyclic) bond motifs is 1. The van der Waals surface area contributed by atoms with Crippen LogP contribution in [0.4, 0.5) is 5.82 Å². The molecule has 0 spiro atoms. The lowest BCUT2D eigenvalue weighted by Crippen LogP contribution is -2.30. The zero-order chi connectivity index (χ0) is 19.3. The number of anilines is 1. The Balaban J connectivity index is 1.78.